The van der Waals surface area contributed by atoms with Gasteiger partial charge in [-0.3, -0.25) is 24.0 Å². The van der Waals surface area contributed by atoms with E-state index in [4.69, 9.17) is 5.73 Å². The number of amides is 3. The molecule has 0 heterocycles. The van der Waals surface area contributed by atoms with Crippen molar-refractivity contribution in [2.45, 2.75) is 135 Å². The molecule has 0 aliphatic rings. The van der Waals surface area contributed by atoms with Crippen molar-refractivity contribution in [3.05, 3.63) is 71.8 Å². The van der Waals surface area contributed by atoms with Gasteiger partial charge in [0.15, 0.2) is 11.9 Å². The lowest BCUT2D eigenvalue weighted by atomic mass is 9.86. The summed E-state index contributed by atoms with van der Waals surface area (Å²) in [7, 11) is 0. The largest absolute Gasteiger partial charge is 0.416 e. The first-order valence-electron chi connectivity index (χ1n) is 18.9. The molecule has 0 bridgehead atoms. The van der Waals surface area contributed by atoms with Crippen molar-refractivity contribution in [2.75, 3.05) is 0 Å². The molecular formula is C41H58F3N3O6. The number of Topliss-reactive ketones (excluding diaryl/α,β-unsaturated/α-hetero) is 2. The number of carbonyl (C=O) groups excluding carboxylic acids is 5. The summed E-state index contributed by atoms with van der Waals surface area (Å²) >= 11 is 0. The molecule has 2 aromatic carbocycles. The van der Waals surface area contributed by atoms with Crippen LogP contribution < -0.4 is 16.4 Å². The van der Waals surface area contributed by atoms with E-state index in [0.717, 1.165) is 37.7 Å². The standard InChI is InChI=1S/C41H58F3N3O6/c1-4-5-6-7-8-9-16-21-32(48)27-33(28(2)3)40(53)47-35(25-30-19-14-11-15-20-30)36(49)26-31(24-29-17-12-10-13-18-29)39(52)46-34(22-23-37(45)50)38(51)41(42,43)44/h10-15,17-20,28,31,33-35,38,51H,4-9,16,21-27H2,1-3H3,(H2,45,50)(H,46,52)(H,47,53)/t31-,33+,34?,35+,38?/m1/s1. The topological polar surface area (TPSA) is 156 Å². The minimum absolute atomic E-state index is 0.0233. The third-order valence-corrected chi connectivity index (χ3v) is 9.53. The van der Waals surface area contributed by atoms with Crippen LogP contribution in [-0.2, 0) is 36.8 Å². The zero-order valence-electron chi connectivity index (χ0n) is 31.3. The SMILES string of the molecule is CCCCCCCCCC(=O)C[C@H](C(=O)N[C@@H](Cc1ccccc1)C(=O)C[C@@H](Cc1ccccc1)C(=O)NC(CCC(N)=O)C(O)C(F)(F)F)C(C)C. The Morgan fingerprint density at radius 2 is 1.28 bits per heavy atom. The minimum atomic E-state index is -5.10. The van der Waals surface area contributed by atoms with Crippen molar-refractivity contribution in [2.24, 2.45) is 23.5 Å². The summed E-state index contributed by atoms with van der Waals surface area (Å²) in [5, 5.41) is 15.1. The predicted molar refractivity (Wildman–Crippen MR) is 198 cm³/mol. The third kappa shape index (κ3) is 17.5. The van der Waals surface area contributed by atoms with E-state index in [1.807, 2.05) is 13.8 Å². The van der Waals surface area contributed by atoms with Gasteiger partial charge in [-0.1, -0.05) is 120 Å². The molecule has 53 heavy (non-hydrogen) atoms. The molecule has 0 radical (unpaired) electrons. The van der Waals surface area contributed by atoms with Crippen molar-refractivity contribution in [1.29, 1.82) is 0 Å². The summed E-state index contributed by atoms with van der Waals surface area (Å²) in [4.78, 5) is 66.0. The van der Waals surface area contributed by atoms with E-state index in [1.165, 1.54) is 12.8 Å². The number of aliphatic hydroxyl groups is 1. The smallest absolute Gasteiger partial charge is 0.382 e. The van der Waals surface area contributed by atoms with Gasteiger partial charge in [0.2, 0.25) is 17.7 Å². The summed E-state index contributed by atoms with van der Waals surface area (Å²) in [6.07, 6.45) is -1.76. The number of alkyl halides is 3. The Hall–Kier alpha value is -4.06. The summed E-state index contributed by atoms with van der Waals surface area (Å²) in [5.41, 5.74) is 6.51. The summed E-state index contributed by atoms with van der Waals surface area (Å²) in [6.45, 7) is 5.83. The van der Waals surface area contributed by atoms with E-state index in [0.29, 0.717) is 12.0 Å². The molecule has 0 aromatic heterocycles. The zero-order valence-corrected chi connectivity index (χ0v) is 31.3. The first-order valence-corrected chi connectivity index (χ1v) is 18.9. The Morgan fingerprint density at radius 3 is 1.81 bits per heavy atom. The number of nitrogens with one attached hydrogen (secondary N) is 2. The molecule has 0 saturated carbocycles. The number of primary amides is 1. The van der Waals surface area contributed by atoms with Crippen LogP contribution in [0, 0.1) is 17.8 Å². The van der Waals surface area contributed by atoms with Crippen LogP contribution in [0.3, 0.4) is 0 Å². The van der Waals surface area contributed by atoms with Crippen LogP contribution in [0.25, 0.3) is 0 Å². The minimum Gasteiger partial charge on any atom is -0.382 e. The van der Waals surface area contributed by atoms with E-state index in [2.05, 4.69) is 17.6 Å². The lowest BCUT2D eigenvalue weighted by Gasteiger charge is -2.28. The number of halogens is 3. The second-order valence-corrected chi connectivity index (χ2v) is 14.4. The van der Waals surface area contributed by atoms with Gasteiger partial charge in [-0.25, -0.2) is 0 Å². The van der Waals surface area contributed by atoms with E-state index in [-0.39, 0.29) is 31.0 Å². The van der Waals surface area contributed by atoms with Gasteiger partial charge < -0.3 is 21.5 Å². The lowest BCUT2D eigenvalue weighted by molar-refractivity contribution is -0.213. The van der Waals surface area contributed by atoms with Crippen LogP contribution in [0.5, 0.6) is 0 Å². The average molecular weight is 746 g/mol. The summed E-state index contributed by atoms with van der Waals surface area (Å²) in [5.74, 6) is -4.96. The number of hydrogen-bond donors (Lipinski definition) is 4. The fourth-order valence-corrected chi connectivity index (χ4v) is 6.31. The van der Waals surface area contributed by atoms with Crippen LogP contribution in [0.2, 0.25) is 0 Å². The molecule has 5 atom stereocenters. The maximum atomic E-state index is 14.1. The molecule has 294 valence electrons. The normalized spacial score (nSPS) is 14.5. The van der Waals surface area contributed by atoms with E-state index in [1.54, 1.807) is 60.7 Å². The Morgan fingerprint density at radius 1 is 0.736 bits per heavy atom. The van der Waals surface area contributed by atoms with Gasteiger partial charge in [0.1, 0.15) is 5.78 Å². The number of unbranched alkanes of at least 4 members (excludes halogenated alkanes) is 6. The van der Waals surface area contributed by atoms with Gasteiger partial charge in [-0.05, 0) is 42.7 Å². The number of carbonyl (C=O) groups is 5. The first kappa shape index (κ1) is 45.1. The van der Waals surface area contributed by atoms with Gasteiger partial charge >= 0.3 is 6.18 Å². The van der Waals surface area contributed by atoms with Crippen molar-refractivity contribution < 1.29 is 42.3 Å². The van der Waals surface area contributed by atoms with Gasteiger partial charge in [0, 0.05) is 37.5 Å². The quantitative estimate of drug-likeness (QED) is 0.0798. The fourth-order valence-electron chi connectivity index (χ4n) is 6.31. The number of nitrogens with two attached hydrogens (primary N) is 1. The molecule has 5 N–H and O–H groups in total. The molecule has 0 aliphatic heterocycles. The molecule has 0 aliphatic carbocycles. The summed E-state index contributed by atoms with van der Waals surface area (Å²) < 4.78 is 40.7. The van der Waals surface area contributed by atoms with Crippen molar-refractivity contribution in [1.82, 2.24) is 10.6 Å². The highest BCUT2D eigenvalue weighted by Gasteiger charge is 2.44. The highest BCUT2D eigenvalue weighted by Crippen LogP contribution is 2.26. The molecule has 0 spiro atoms. The molecular weight excluding hydrogens is 687 g/mol. The van der Waals surface area contributed by atoms with Crippen LogP contribution in [0.4, 0.5) is 13.2 Å². The second kappa shape index (κ2) is 23.6. The van der Waals surface area contributed by atoms with Gasteiger partial charge in [0.05, 0.1) is 12.1 Å². The second-order valence-electron chi connectivity index (χ2n) is 14.4. The van der Waals surface area contributed by atoms with Crippen molar-refractivity contribution in [3.8, 4) is 0 Å². The van der Waals surface area contributed by atoms with Crippen LogP contribution in [0.15, 0.2) is 60.7 Å². The van der Waals surface area contributed by atoms with E-state index < -0.39 is 79.0 Å². The number of rotatable bonds is 26. The Kier molecular flexibility index (Phi) is 20.1. The number of aliphatic hydroxyl groups excluding tert-OH is 1. The highest BCUT2D eigenvalue weighted by atomic mass is 19.4. The van der Waals surface area contributed by atoms with E-state index >= 15 is 0 Å². The van der Waals surface area contributed by atoms with Gasteiger partial charge in [-0.2, -0.15) is 13.2 Å². The molecule has 2 rings (SSSR count). The molecule has 0 fully saturated rings. The Bertz CT molecular complexity index is 1420. The van der Waals surface area contributed by atoms with Gasteiger partial charge in [-0.15, -0.1) is 0 Å². The molecule has 2 aromatic rings. The monoisotopic (exact) mass is 745 g/mol. The summed E-state index contributed by atoms with van der Waals surface area (Å²) in [6, 6.07) is 14.5. The Balaban J connectivity index is 2.30. The molecule has 0 saturated heterocycles. The zero-order chi connectivity index (χ0) is 39.4. The van der Waals surface area contributed by atoms with Crippen LogP contribution in [0.1, 0.15) is 109 Å². The third-order valence-electron chi connectivity index (χ3n) is 9.53. The average Bonchev–Trinajstić information content (AvgIpc) is 3.11. The molecule has 9 nitrogen and oxygen atoms in total. The van der Waals surface area contributed by atoms with E-state index in [9.17, 15) is 42.3 Å². The van der Waals surface area contributed by atoms with Crippen LogP contribution in [-0.4, -0.2) is 58.8 Å². The number of ketones is 2. The van der Waals surface area contributed by atoms with Crippen molar-refractivity contribution in [3.63, 3.8) is 0 Å². The maximum Gasteiger partial charge on any atom is 0.416 e. The number of hydrogen-bond acceptors (Lipinski definition) is 6. The highest BCUT2D eigenvalue weighted by molar-refractivity contribution is 5.94. The fraction of sp³-hybridized carbons (Fsp3) is 0.585. The van der Waals surface area contributed by atoms with Crippen molar-refractivity contribution >= 4 is 29.3 Å². The van der Waals surface area contributed by atoms with Gasteiger partial charge in [0.25, 0.3) is 0 Å². The lowest BCUT2D eigenvalue weighted by Crippen LogP contribution is -2.52. The first-order chi connectivity index (χ1) is 25.1. The Labute approximate surface area is 312 Å². The molecule has 12 heteroatoms. The maximum absolute atomic E-state index is 14.1. The number of benzene rings is 2. The predicted octanol–water partition coefficient (Wildman–Crippen LogP) is 6.58. The molecule has 2 unspecified atom stereocenters. The van der Waals surface area contributed by atoms with Crippen LogP contribution >= 0.6 is 0 Å². The molecule has 3 amide bonds.